The maximum atomic E-state index is 13.6. The maximum absolute atomic E-state index is 13.6. The number of carbonyl (C=O) groups is 1. The second kappa shape index (κ2) is 8.35. The van der Waals surface area contributed by atoms with E-state index in [2.05, 4.69) is 15.6 Å². The molecular weight excluding hydrogens is 355 g/mol. The Balaban J connectivity index is 1.56. The van der Waals surface area contributed by atoms with Crippen molar-refractivity contribution in [2.75, 3.05) is 11.9 Å². The number of hydrogen-bond donors (Lipinski definition) is 2. The van der Waals surface area contributed by atoms with Crippen LogP contribution in [-0.2, 0) is 6.42 Å². The molecule has 0 unspecified atom stereocenters. The van der Waals surface area contributed by atoms with Crippen molar-refractivity contribution < 1.29 is 18.0 Å². The van der Waals surface area contributed by atoms with Crippen LogP contribution in [0.15, 0.2) is 60.8 Å². The van der Waals surface area contributed by atoms with Crippen molar-refractivity contribution in [2.24, 2.45) is 0 Å². The van der Waals surface area contributed by atoms with Crippen LogP contribution in [0.5, 0.6) is 0 Å². The molecule has 2 aromatic carbocycles. The number of halogens is 3. The zero-order valence-corrected chi connectivity index (χ0v) is 14.2. The molecule has 0 saturated heterocycles. The summed E-state index contributed by atoms with van der Waals surface area (Å²) in [5, 5.41) is 5.29. The minimum absolute atomic E-state index is 0.210. The lowest BCUT2D eigenvalue weighted by atomic mass is 10.1. The van der Waals surface area contributed by atoms with E-state index in [1.54, 1.807) is 12.1 Å². The van der Waals surface area contributed by atoms with E-state index < -0.39 is 11.6 Å². The molecule has 0 aliphatic rings. The number of para-hydroxylation sites is 1. The number of benzene rings is 2. The van der Waals surface area contributed by atoms with E-state index in [-0.39, 0.29) is 23.2 Å². The number of nitrogens with one attached hydrogen (secondary N) is 2. The molecule has 3 aromatic rings. The standard InChI is InChI=1S/C20H16F3N3O/c21-15-7-4-13(5-8-15)10-11-24-20(27)14-6-9-18(25-12-14)26-19-16(22)2-1-3-17(19)23/h1-9,12H,10-11H2,(H,24,27)(H,25,26). The summed E-state index contributed by atoms with van der Waals surface area (Å²) in [6, 6.07) is 12.5. The molecule has 3 rings (SSSR count). The number of aromatic nitrogens is 1. The van der Waals surface area contributed by atoms with E-state index in [1.807, 2.05) is 0 Å². The molecule has 0 bridgehead atoms. The fourth-order valence-corrected chi connectivity index (χ4v) is 2.42. The van der Waals surface area contributed by atoms with Gasteiger partial charge in [0.1, 0.15) is 29.0 Å². The maximum Gasteiger partial charge on any atom is 0.252 e. The highest BCUT2D eigenvalue weighted by Crippen LogP contribution is 2.21. The average molecular weight is 371 g/mol. The highest BCUT2D eigenvalue weighted by atomic mass is 19.1. The van der Waals surface area contributed by atoms with Crippen molar-refractivity contribution in [1.82, 2.24) is 10.3 Å². The molecule has 138 valence electrons. The number of nitrogens with zero attached hydrogens (tertiary/aromatic N) is 1. The zero-order valence-electron chi connectivity index (χ0n) is 14.2. The van der Waals surface area contributed by atoms with Gasteiger partial charge >= 0.3 is 0 Å². The molecule has 0 atom stereocenters. The summed E-state index contributed by atoms with van der Waals surface area (Å²) in [6.45, 7) is 0.380. The lowest BCUT2D eigenvalue weighted by molar-refractivity contribution is 0.0954. The summed E-state index contributed by atoms with van der Waals surface area (Å²) in [6.07, 6.45) is 1.87. The summed E-state index contributed by atoms with van der Waals surface area (Å²) in [4.78, 5) is 16.1. The van der Waals surface area contributed by atoms with Crippen molar-refractivity contribution in [2.45, 2.75) is 6.42 Å². The Morgan fingerprint density at radius 1 is 0.926 bits per heavy atom. The van der Waals surface area contributed by atoms with Crippen molar-refractivity contribution in [3.05, 3.63) is 89.4 Å². The summed E-state index contributed by atoms with van der Waals surface area (Å²) >= 11 is 0. The second-order valence-corrected chi connectivity index (χ2v) is 5.79. The van der Waals surface area contributed by atoms with Crippen LogP contribution in [0.2, 0.25) is 0 Å². The number of rotatable bonds is 6. The number of amides is 1. The van der Waals surface area contributed by atoms with Crippen LogP contribution in [-0.4, -0.2) is 17.4 Å². The summed E-state index contributed by atoms with van der Waals surface area (Å²) in [7, 11) is 0. The van der Waals surface area contributed by atoms with Crippen LogP contribution in [0.1, 0.15) is 15.9 Å². The first kappa shape index (κ1) is 18.4. The quantitative estimate of drug-likeness (QED) is 0.682. The predicted molar refractivity (Wildman–Crippen MR) is 96.3 cm³/mol. The molecule has 0 aliphatic carbocycles. The van der Waals surface area contributed by atoms with Gasteiger partial charge in [0, 0.05) is 12.7 Å². The Morgan fingerprint density at radius 3 is 2.26 bits per heavy atom. The van der Waals surface area contributed by atoms with E-state index in [9.17, 15) is 18.0 Å². The molecule has 0 fully saturated rings. The zero-order chi connectivity index (χ0) is 19.2. The van der Waals surface area contributed by atoms with Crippen LogP contribution in [0, 0.1) is 17.5 Å². The Labute approximate surface area is 154 Å². The van der Waals surface area contributed by atoms with Gasteiger partial charge in [0.2, 0.25) is 0 Å². The third kappa shape index (κ3) is 4.84. The third-order valence-electron chi connectivity index (χ3n) is 3.85. The van der Waals surface area contributed by atoms with E-state index in [1.165, 1.54) is 36.5 Å². The highest BCUT2D eigenvalue weighted by Gasteiger charge is 2.10. The van der Waals surface area contributed by atoms with Gasteiger partial charge in [-0.25, -0.2) is 18.2 Å². The molecule has 1 heterocycles. The number of carbonyl (C=O) groups excluding carboxylic acids is 1. The molecule has 2 N–H and O–H groups in total. The monoisotopic (exact) mass is 371 g/mol. The van der Waals surface area contributed by atoms with Crippen molar-refractivity contribution in [1.29, 1.82) is 0 Å². The van der Waals surface area contributed by atoms with Crippen molar-refractivity contribution in [3.8, 4) is 0 Å². The minimum atomic E-state index is -0.737. The average Bonchev–Trinajstić information content (AvgIpc) is 2.67. The Bertz CT molecular complexity index is 908. The lowest BCUT2D eigenvalue weighted by Crippen LogP contribution is -2.25. The molecule has 1 aromatic heterocycles. The minimum Gasteiger partial charge on any atom is -0.352 e. The Kier molecular flexibility index (Phi) is 5.71. The summed E-state index contributed by atoms with van der Waals surface area (Å²) in [5.74, 6) is -1.90. The SMILES string of the molecule is O=C(NCCc1ccc(F)cc1)c1ccc(Nc2c(F)cccc2F)nc1. The molecule has 0 aliphatic heterocycles. The fourth-order valence-electron chi connectivity index (χ4n) is 2.42. The highest BCUT2D eigenvalue weighted by molar-refractivity contribution is 5.94. The molecule has 0 radical (unpaired) electrons. The molecular formula is C20H16F3N3O. The molecule has 0 spiro atoms. The second-order valence-electron chi connectivity index (χ2n) is 5.79. The van der Waals surface area contributed by atoms with E-state index in [0.29, 0.717) is 18.5 Å². The van der Waals surface area contributed by atoms with Gasteiger partial charge < -0.3 is 10.6 Å². The summed E-state index contributed by atoms with van der Waals surface area (Å²) in [5.41, 5.74) is 0.913. The van der Waals surface area contributed by atoms with Gasteiger partial charge in [0.25, 0.3) is 5.91 Å². The number of hydrogen-bond acceptors (Lipinski definition) is 3. The number of pyridine rings is 1. The molecule has 1 amide bonds. The largest absolute Gasteiger partial charge is 0.352 e. The predicted octanol–water partition coefficient (Wildman–Crippen LogP) is 4.22. The first-order chi connectivity index (χ1) is 13.0. The third-order valence-corrected chi connectivity index (χ3v) is 3.85. The van der Waals surface area contributed by atoms with Crippen LogP contribution < -0.4 is 10.6 Å². The van der Waals surface area contributed by atoms with Gasteiger partial charge in [0.05, 0.1) is 5.56 Å². The van der Waals surface area contributed by atoms with Crippen molar-refractivity contribution in [3.63, 3.8) is 0 Å². The topological polar surface area (TPSA) is 54.0 Å². The fraction of sp³-hybridized carbons (Fsp3) is 0.100. The van der Waals surface area contributed by atoms with Gasteiger partial charge in [-0.05, 0) is 48.4 Å². The normalized spacial score (nSPS) is 10.5. The molecule has 4 nitrogen and oxygen atoms in total. The first-order valence-electron chi connectivity index (χ1n) is 8.22. The first-order valence-corrected chi connectivity index (χ1v) is 8.22. The van der Waals surface area contributed by atoms with Crippen molar-refractivity contribution >= 4 is 17.4 Å². The summed E-state index contributed by atoms with van der Waals surface area (Å²) < 4.78 is 40.1. The molecule has 0 saturated carbocycles. The van der Waals surface area contributed by atoms with Gasteiger partial charge in [-0.1, -0.05) is 18.2 Å². The molecule has 7 heteroatoms. The van der Waals surface area contributed by atoms with Gasteiger partial charge in [-0.3, -0.25) is 4.79 Å². The van der Waals surface area contributed by atoms with E-state index >= 15 is 0 Å². The number of anilines is 2. The van der Waals surface area contributed by atoms with Crippen LogP contribution >= 0.6 is 0 Å². The van der Waals surface area contributed by atoms with Gasteiger partial charge in [-0.15, -0.1) is 0 Å². The Hall–Kier alpha value is -3.35. The van der Waals surface area contributed by atoms with E-state index in [4.69, 9.17) is 0 Å². The van der Waals surface area contributed by atoms with E-state index in [0.717, 1.165) is 17.7 Å². The lowest BCUT2D eigenvalue weighted by Gasteiger charge is -2.09. The smallest absolute Gasteiger partial charge is 0.252 e. The molecule has 27 heavy (non-hydrogen) atoms. The van der Waals surface area contributed by atoms with Gasteiger partial charge in [0.15, 0.2) is 0 Å². The Morgan fingerprint density at radius 2 is 1.63 bits per heavy atom. The van der Waals surface area contributed by atoms with Crippen LogP contribution in [0.3, 0.4) is 0 Å². The van der Waals surface area contributed by atoms with Crippen LogP contribution in [0.4, 0.5) is 24.7 Å². The van der Waals surface area contributed by atoms with Gasteiger partial charge in [-0.2, -0.15) is 0 Å². The van der Waals surface area contributed by atoms with Crippen LogP contribution in [0.25, 0.3) is 0 Å².